The maximum Gasteiger partial charge on any atom is 0.397 e. The molecule has 0 amide bonds. The molecule has 3 rings (SSSR count). The van der Waals surface area contributed by atoms with Crippen molar-refractivity contribution >= 4 is 27.5 Å². The Labute approximate surface area is 133 Å². The van der Waals surface area contributed by atoms with Crippen molar-refractivity contribution < 1.29 is 32.1 Å². The van der Waals surface area contributed by atoms with Gasteiger partial charge in [0.05, 0.1) is 12.9 Å². The molecule has 13 nitrogen and oxygen atoms in total. The summed E-state index contributed by atoms with van der Waals surface area (Å²) in [6, 6.07) is 0. The zero-order chi connectivity index (χ0) is 17.6. The van der Waals surface area contributed by atoms with Gasteiger partial charge in [-0.1, -0.05) is 0 Å². The first-order valence-corrected chi connectivity index (χ1v) is 7.89. The quantitative estimate of drug-likeness (QED) is 0.349. The highest BCUT2D eigenvalue weighted by molar-refractivity contribution is 7.80. The van der Waals surface area contributed by atoms with E-state index in [2.05, 4.69) is 19.1 Å². The number of nitrogens with zero attached hydrogens (tertiary/aromatic N) is 3. The van der Waals surface area contributed by atoms with Crippen LogP contribution in [0.4, 0.5) is 5.95 Å². The van der Waals surface area contributed by atoms with Crippen LogP contribution in [0.1, 0.15) is 6.23 Å². The fraction of sp³-hybridized carbons (Fsp3) is 0.500. The molecule has 0 aliphatic carbocycles. The van der Waals surface area contributed by atoms with Gasteiger partial charge in [0.25, 0.3) is 5.56 Å². The van der Waals surface area contributed by atoms with Gasteiger partial charge in [-0.15, -0.1) is 0 Å². The molecule has 24 heavy (non-hydrogen) atoms. The number of nitrogens with one attached hydrogen (secondary N) is 1. The number of aliphatic hydroxyl groups excluding tert-OH is 2. The molecule has 0 radical (unpaired) electrons. The van der Waals surface area contributed by atoms with E-state index in [-0.39, 0.29) is 17.1 Å². The molecule has 1 fully saturated rings. The standard InChI is InChI=1S/C10H13N5O8S/c11-10-13-7-4(8(18)14-10)12-2-15(7)9-6(17)5(16)3(23-9)1-22-24(19,20)21/h2-3,5-6,9,16-17H,1H2,(H,19,20,21)(H3,11,13,14,18)/t3-,5-,6-,9-/m1/s1. The van der Waals surface area contributed by atoms with Crippen molar-refractivity contribution in [2.45, 2.75) is 24.5 Å². The third kappa shape index (κ3) is 2.97. The number of aromatic nitrogens is 4. The van der Waals surface area contributed by atoms with Crippen LogP contribution in [-0.2, 0) is 19.3 Å². The lowest BCUT2D eigenvalue weighted by Crippen LogP contribution is -2.34. The summed E-state index contributed by atoms with van der Waals surface area (Å²) >= 11 is 0. The number of fused-ring (bicyclic) bond motifs is 1. The molecule has 6 N–H and O–H groups in total. The smallest absolute Gasteiger partial charge is 0.387 e. The van der Waals surface area contributed by atoms with Crippen molar-refractivity contribution in [3.05, 3.63) is 16.7 Å². The van der Waals surface area contributed by atoms with E-state index in [1.165, 1.54) is 4.57 Å². The Morgan fingerprint density at radius 3 is 2.79 bits per heavy atom. The molecular formula is C10H13N5O8S. The summed E-state index contributed by atoms with van der Waals surface area (Å²) in [4.78, 5) is 21.7. The Bertz CT molecular complexity index is 923. The first kappa shape index (κ1) is 16.7. The molecule has 0 unspecified atom stereocenters. The van der Waals surface area contributed by atoms with Gasteiger partial charge < -0.3 is 20.7 Å². The number of aromatic amines is 1. The van der Waals surface area contributed by atoms with E-state index >= 15 is 0 Å². The molecule has 14 heteroatoms. The molecule has 4 atom stereocenters. The van der Waals surface area contributed by atoms with Gasteiger partial charge in [-0.05, 0) is 0 Å². The number of nitrogens with two attached hydrogens (primary N) is 1. The second-order valence-corrected chi connectivity index (χ2v) is 6.12. The van der Waals surface area contributed by atoms with Crippen molar-refractivity contribution in [2.24, 2.45) is 0 Å². The highest BCUT2D eigenvalue weighted by atomic mass is 32.3. The van der Waals surface area contributed by atoms with Gasteiger partial charge >= 0.3 is 10.4 Å². The van der Waals surface area contributed by atoms with E-state index in [9.17, 15) is 23.4 Å². The number of ether oxygens (including phenoxy) is 1. The summed E-state index contributed by atoms with van der Waals surface area (Å²) in [5.74, 6) is -0.187. The average molecular weight is 363 g/mol. The molecule has 0 spiro atoms. The Morgan fingerprint density at radius 2 is 2.12 bits per heavy atom. The maximum atomic E-state index is 11.7. The minimum atomic E-state index is -4.74. The van der Waals surface area contributed by atoms with E-state index in [0.717, 1.165) is 6.33 Å². The second kappa shape index (κ2) is 5.76. The van der Waals surface area contributed by atoms with Crippen LogP contribution in [0.15, 0.2) is 11.1 Å². The van der Waals surface area contributed by atoms with Crippen LogP contribution in [-0.4, -0.2) is 67.6 Å². The largest absolute Gasteiger partial charge is 0.397 e. The number of H-pyrrole nitrogens is 1. The Kier molecular flexibility index (Phi) is 4.02. The SMILES string of the molecule is Nc1nc2c(ncn2[C@@H]2O[C@H](COS(=O)(=O)O)[C@@H](O)[C@H]2O)c(=O)[nH]1. The van der Waals surface area contributed by atoms with Crippen molar-refractivity contribution in [2.75, 3.05) is 12.3 Å². The van der Waals surface area contributed by atoms with Gasteiger partial charge in [0.15, 0.2) is 17.4 Å². The third-order valence-electron chi connectivity index (χ3n) is 3.44. The number of aliphatic hydroxyl groups is 2. The minimum absolute atomic E-state index is 0.00356. The number of imidazole rings is 1. The molecule has 1 saturated heterocycles. The summed E-state index contributed by atoms with van der Waals surface area (Å²) in [7, 11) is -4.74. The average Bonchev–Trinajstić information content (AvgIpc) is 3.00. The first-order valence-electron chi connectivity index (χ1n) is 6.53. The number of anilines is 1. The fourth-order valence-corrected chi connectivity index (χ4v) is 2.69. The predicted octanol–water partition coefficient (Wildman–Crippen LogP) is -2.86. The van der Waals surface area contributed by atoms with Crippen LogP contribution < -0.4 is 11.3 Å². The van der Waals surface area contributed by atoms with Crippen molar-refractivity contribution in [1.29, 1.82) is 0 Å². The molecule has 2 aromatic heterocycles. The minimum Gasteiger partial charge on any atom is -0.387 e. The Balaban J connectivity index is 1.91. The lowest BCUT2D eigenvalue weighted by molar-refractivity contribution is -0.0477. The van der Waals surface area contributed by atoms with Crippen LogP contribution in [0.3, 0.4) is 0 Å². The molecule has 132 valence electrons. The number of hydrogen-bond donors (Lipinski definition) is 5. The Morgan fingerprint density at radius 1 is 1.42 bits per heavy atom. The van der Waals surface area contributed by atoms with Crippen LogP contribution in [0, 0.1) is 0 Å². The van der Waals surface area contributed by atoms with Gasteiger partial charge in [0.2, 0.25) is 5.95 Å². The first-order chi connectivity index (χ1) is 11.2. The topological polar surface area (TPSA) is 203 Å². The van der Waals surface area contributed by atoms with Gasteiger partial charge in [-0.2, -0.15) is 13.4 Å². The van der Waals surface area contributed by atoms with E-state index in [0.29, 0.717) is 0 Å². The summed E-state index contributed by atoms with van der Waals surface area (Å²) in [6.45, 7) is -0.726. The predicted molar refractivity (Wildman–Crippen MR) is 76.0 cm³/mol. The maximum absolute atomic E-state index is 11.7. The molecule has 1 aliphatic rings. The summed E-state index contributed by atoms with van der Waals surface area (Å²) in [6.07, 6.45) is -4.36. The summed E-state index contributed by atoms with van der Waals surface area (Å²) in [5.41, 5.74) is 4.80. The van der Waals surface area contributed by atoms with Crippen molar-refractivity contribution in [3.63, 3.8) is 0 Å². The second-order valence-electron chi connectivity index (χ2n) is 5.03. The molecule has 0 bridgehead atoms. The van der Waals surface area contributed by atoms with Crippen LogP contribution >= 0.6 is 0 Å². The van der Waals surface area contributed by atoms with Gasteiger partial charge in [0.1, 0.15) is 18.3 Å². The van der Waals surface area contributed by atoms with E-state index < -0.39 is 47.1 Å². The molecule has 3 heterocycles. The monoisotopic (exact) mass is 363 g/mol. The highest BCUT2D eigenvalue weighted by Gasteiger charge is 2.45. The number of hydrogen-bond acceptors (Lipinski definition) is 10. The van der Waals surface area contributed by atoms with Crippen LogP contribution in [0.5, 0.6) is 0 Å². The molecule has 2 aromatic rings. The van der Waals surface area contributed by atoms with Crippen LogP contribution in [0.25, 0.3) is 11.2 Å². The van der Waals surface area contributed by atoms with E-state index in [1.54, 1.807) is 0 Å². The number of nitrogen functional groups attached to an aromatic ring is 1. The highest BCUT2D eigenvalue weighted by Crippen LogP contribution is 2.31. The normalized spacial score (nSPS) is 27.8. The number of rotatable bonds is 4. The summed E-state index contributed by atoms with van der Waals surface area (Å²) in [5, 5.41) is 20.0. The molecule has 0 saturated carbocycles. The Hall–Kier alpha value is -2.10. The zero-order valence-corrected chi connectivity index (χ0v) is 12.6. The van der Waals surface area contributed by atoms with Crippen LogP contribution in [0.2, 0.25) is 0 Å². The van der Waals surface area contributed by atoms with Gasteiger partial charge in [-0.3, -0.25) is 18.9 Å². The van der Waals surface area contributed by atoms with E-state index in [4.69, 9.17) is 15.0 Å². The lowest BCUT2D eigenvalue weighted by Gasteiger charge is -2.16. The third-order valence-corrected chi connectivity index (χ3v) is 3.88. The molecule has 1 aliphatic heterocycles. The zero-order valence-electron chi connectivity index (χ0n) is 11.8. The summed E-state index contributed by atoms with van der Waals surface area (Å²) < 4.78 is 40.4. The van der Waals surface area contributed by atoms with E-state index in [1.807, 2.05) is 0 Å². The fourth-order valence-electron chi connectivity index (χ4n) is 2.38. The molecule has 0 aromatic carbocycles. The van der Waals surface area contributed by atoms with Gasteiger partial charge in [0, 0.05) is 0 Å². The lowest BCUT2D eigenvalue weighted by atomic mass is 10.1. The van der Waals surface area contributed by atoms with Gasteiger partial charge in [-0.25, -0.2) is 9.17 Å². The molecular weight excluding hydrogens is 350 g/mol. The van der Waals surface area contributed by atoms with Crippen molar-refractivity contribution in [3.8, 4) is 0 Å². The van der Waals surface area contributed by atoms with Crippen molar-refractivity contribution in [1.82, 2.24) is 19.5 Å².